The molecule has 1 aromatic carbocycles. The van der Waals surface area contributed by atoms with Crippen molar-refractivity contribution >= 4 is 5.82 Å². The minimum atomic E-state index is -0.675. The van der Waals surface area contributed by atoms with Crippen LogP contribution in [0.5, 0.6) is 5.75 Å². The fourth-order valence-electron chi connectivity index (χ4n) is 1.69. The first-order valence-electron chi connectivity index (χ1n) is 6.18. The van der Waals surface area contributed by atoms with Crippen molar-refractivity contribution in [2.45, 2.75) is 20.3 Å². The van der Waals surface area contributed by atoms with Crippen molar-refractivity contribution in [1.29, 1.82) is 0 Å². The molecule has 0 aliphatic heterocycles. The van der Waals surface area contributed by atoms with Crippen LogP contribution in [-0.4, -0.2) is 21.6 Å². The summed E-state index contributed by atoms with van der Waals surface area (Å²) in [6, 6.07) is 5.97. The number of phenolic OH excluding ortho intramolecular Hbond substituents is 1. The van der Waals surface area contributed by atoms with Crippen molar-refractivity contribution in [3.05, 3.63) is 35.8 Å². The average Bonchev–Trinajstić information content (AvgIpc) is 2.39. The Balaban J connectivity index is 2.37. The van der Waals surface area contributed by atoms with Crippen LogP contribution in [0.15, 0.2) is 24.3 Å². The predicted octanol–water partition coefficient (Wildman–Crippen LogP) is 3.12. The summed E-state index contributed by atoms with van der Waals surface area (Å²) in [6.07, 6.45) is 0.992. The first-order valence-corrected chi connectivity index (χ1v) is 6.18. The van der Waals surface area contributed by atoms with Gasteiger partial charge in [-0.15, -0.1) is 0 Å². The number of nitrogens with one attached hydrogen (secondary N) is 1. The molecular formula is C14H16FN3O. The molecule has 1 heterocycles. The van der Waals surface area contributed by atoms with Crippen LogP contribution in [0.1, 0.15) is 19.0 Å². The van der Waals surface area contributed by atoms with E-state index in [2.05, 4.69) is 22.2 Å². The van der Waals surface area contributed by atoms with E-state index >= 15 is 0 Å². The van der Waals surface area contributed by atoms with Crippen molar-refractivity contribution in [1.82, 2.24) is 9.97 Å². The number of hydrogen-bond acceptors (Lipinski definition) is 4. The van der Waals surface area contributed by atoms with Gasteiger partial charge in [0.05, 0.1) is 0 Å². The summed E-state index contributed by atoms with van der Waals surface area (Å²) in [5.41, 5.74) is 1.34. The number of phenols is 1. The summed E-state index contributed by atoms with van der Waals surface area (Å²) in [5.74, 6) is 0.113. The third-order valence-corrected chi connectivity index (χ3v) is 2.62. The van der Waals surface area contributed by atoms with Crippen LogP contribution in [0.4, 0.5) is 10.2 Å². The Labute approximate surface area is 111 Å². The van der Waals surface area contributed by atoms with Gasteiger partial charge in [0.1, 0.15) is 5.82 Å². The van der Waals surface area contributed by atoms with E-state index < -0.39 is 5.82 Å². The highest BCUT2D eigenvalue weighted by molar-refractivity contribution is 5.59. The van der Waals surface area contributed by atoms with E-state index in [-0.39, 0.29) is 5.75 Å². The molecule has 2 rings (SSSR count). The first-order chi connectivity index (χ1) is 9.10. The fourth-order valence-corrected chi connectivity index (χ4v) is 1.69. The largest absolute Gasteiger partial charge is 0.505 e. The topological polar surface area (TPSA) is 58.0 Å². The number of benzene rings is 1. The van der Waals surface area contributed by atoms with E-state index in [1.807, 2.05) is 13.0 Å². The predicted molar refractivity (Wildman–Crippen MR) is 72.6 cm³/mol. The Bertz CT molecular complexity index is 587. The Morgan fingerprint density at radius 2 is 2.05 bits per heavy atom. The van der Waals surface area contributed by atoms with Gasteiger partial charge in [0, 0.05) is 23.9 Å². The molecule has 0 aliphatic rings. The van der Waals surface area contributed by atoms with Crippen LogP contribution in [0.25, 0.3) is 11.4 Å². The zero-order chi connectivity index (χ0) is 13.8. The molecule has 2 N–H and O–H groups in total. The van der Waals surface area contributed by atoms with Gasteiger partial charge in [0.2, 0.25) is 0 Å². The molecule has 0 spiro atoms. The third-order valence-electron chi connectivity index (χ3n) is 2.62. The highest BCUT2D eigenvalue weighted by Crippen LogP contribution is 2.23. The fraction of sp³-hybridized carbons (Fsp3) is 0.286. The highest BCUT2D eigenvalue weighted by Gasteiger charge is 2.08. The molecule has 19 heavy (non-hydrogen) atoms. The molecule has 2 aromatic rings. The van der Waals surface area contributed by atoms with Crippen molar-refractivity contribution in [2.75, 3.05) is 11.9 Å². The van der Waals surface area contributed by atoms with E-state index in [4.69, 9.17) is 0 Å². The minimum Gasteiger partial charge on any atom is -0.505 e. The molecule has 0 radical (unpaired) electrons. The Kier molecular flexibility index (Phi) is 3.94. The third kappa shape index (κ3) is 3.19. The number of aromatic hydroxyl groups is 1. The van der Waals surface area contributed by atoms with Crippen LogP contribution >= 0.6 is 0 Å². The summed E-state index contributed by atoms with van der Waals surface area (Å²) in [7, 11) is 0. The van der Waals surface area contributed by atoms with Crippen molar-refractivity contribution in [3.63, 3.8) is 0 Å². The summed E-state index contributed by atoms with van der Waals surface area (Å²) >= 11 is 0. The second kappa shape index (κ2) is 5.65. The number of rotatable bonds is 4. The molecule has 0 amide bonds. The molecule has 0 bridgehead atoms. The molecule has 1 aromatic heterocycles. The molecule has 0 saturated heterocycles. The SMILES string of the molecule is CCCNc1cc(C)nc(-c2ccc(O)c(F)c2)n1. The quantitative estimate of drug-likeness (QED) is 0.887. The number of aromatic nitrogens is 2. The van der Waals surface area contributed by atoms with E-state index in [0.29, 0.717) is 11.4 Å². The van der Waals surface area contributed by atoms with Crippen molar-refractivity contribution in [3.8, 4) is 17.1 Å². The molecule has 0 aliphatic carbocycles. The van der Waals surface area contributed by atoms with Gasteiger partial charge < -0.3 is 10.4 Å². The smallest absolute Gasteiger partial charge is 0.165 e. The second-order valence-electron chi connectivity index (χ2n) is 4.31. The number of hydrogen-bond donors (Lipinski definition) is 2. The molecular weight excluding hydrogens is 245 g/mol. The Morgan fingerprint density at radius 1 is 1.26 bits per heavy atom. The first kappa shape index (κ1) is 13.3. The highest BCUT2D eigenvalue weighted by atomic mass is 19.1. The number of anilines is 1. The van der Waals surface area contributed by atoms with Gasteiger partial charge in [-0.1, -0.05) is 6.92 Å². The average molecular weight is 261 g/mol. The summed E-state index contributed by atoms with van der Waals surface area (Å²) in [6.45, 7) is 4.75. The van der Waals surface area contributed by atoms with Gasteiger partial charge in [0.25, 0.3) is 0 Å². The maximum absolute atomic E-state index is 13.3. The summed E-state index contributed by atoms with van der Waals surface area (Å²) < 4.78 is 13.3. The van der Waals surface area contributed by atoms with Crippen LogP contribution in [0.3, 0.4) is 0 Å². The van der Waals surface area contributed by atoms with E-state index in [1.54, 1.807) is 6.07 Å². The molecule has 0 saturated carbocycles. The standard InChI is InChI=1S/C14H16FN3O/c1-3-6-16-13-7-9(2)17-14(18-13)10-4-5-12(19)11(15)8-10/h4-5,7-8,19H,3,6H2,1-2H3,(H,16,17,18). The molecule has 5 heteroatoms. The van der Waals surface area contributed by atoms with E-state index in [0.717, 1.165) is 24.5 Å². The van der Waals surface area contributed by atoms with E-state index in [9.17, 15) is 9.50 Å². The molecule has 100 valence electrons. The normalized spacial score (nSPS) is 10.5. The van der Waals surface area contributed by atoms with E-state index in [1.165, 1.54) is 12.1 Å². The Hall–Kier alpha value is -2.17. The molecule has 0 fully saturated rings. The lowest BCUT2D eigenvalue weighted by Gasteiger charge is -2.08. The van der Waals surface area contributed by atoms with Gasteiger partial charge in [-0.2, -0.15) is 0 Å². The van der Waals surface area contributed by atoms with Crippen molar-refractivity contribution in [2.24, 2.45) is 0 Å². The molecule has 0 atom stereocenters. The monoisotopic (exact) mass is 261 g/mol. The maximum Gasteiger partial charge on any atom is 0.165 e. The minimum absolute atomic E-state index is 0.374. The van der Waals surface area contributed by atoms with Gasteiger partial charge in [0.15, 0.2) is 17.4 Å². The lowest BCUT2D eigenvalue weighted by Crippen LogP contribution is -2.04. The maximum atomic E-state index is 13.3. The van der Waals surface area contributed by atoms with Gasteiger partial charge in [-0.3, -0.25) is 0 Å². The number of nitrogens with zero attached hydrogens (tertiary/aromatic N) is 2. The second-order valence-corrected chi connectivity index (χ2v) is 4.31. The summed E-state index contributed by atoms with van der Waals surface area (Å²) in [4.78, 5) is 8.63. The zero-order valence-electron chi connectivity index (χ0n) is 10.9. The van der Waals surface area contributed by atoms with Crippen LogP contribution < -0.4 is 5.32 Å². The van der Waals surface area contributed by atoms with Crippen LogP contribution in [0.2, 0.25) is 0 Å². The molecule has 4 nitrogen and oxygen atoms in total. The van der Waals surface area contributed by atoms with Crippen LogP contribution in [-0.2, 0) is 0 Å². The lowest BCUT2D eigenvalue weighted by atomic mass is 10.2. The molecule has 0 unspecified atom stereocenters. The van der Waals surface area contributed by atoms with Crippen molar-refractivity contribution < 1.29 is 9.50 Å². The lowest BCUT2D eigenvalue weighted by molar-refractivity contribution is 0.432. The van der Waals surface area contributed by atoms with Gasteiger partial charge >= 0.3 is 0 Å². The van der Waals surface area contributed by atoms with Gasteiger partial charge in [-0.25, -0.2) is 14.4 Å². The number of aryl methyl sites for hydroxylation is 1. The Morgan fingerprint density at radius 3 is 2.74 bits per heavy atom. The van der Waals surface area contributed by atoms with Gasteiger partial charge in [-0.05, 0) is 31.5 Å². The zero-order valence-corrected chi connectivity index (χ0v) is 10.9. The number of halogens is 1. The van der Waals surface area contributed by atoms with Crippen LogP contribution in [0, 0.1) is 12.7 Å². The summed E-state index contributed by atoms with van der Waals surface area (Å²) in [5, 5.41) is 12.4.